The van der Waals surface area contributed by atoms with Crippen molar-refractivity contribution < 1.29 is 22.7 Å². The van der Waals surface area contributed by atoms with Gasteiger partial charge in [-0.15, -0.1) is 25.6 Å². The van der Waals surface area contributed by atoms with Gasteiger partial charge in [0.2, 0.25) is 5.91 Å². The number of nitrogens with one attached hydrogen (secondary N) is 2. The number of alkyl halides is 3. The highest BCUT2D eigenvalue weighted by atomic mass is 35.5. The minimum Gasteiger partial charge on any atom is -0.406 e. The molecule has 4 nitrogen and oxygen atoms in total. The molecule has 1 amide bonds. The zero-order valence-corrected chi connectivity index (χ0v) is 15.3. The van der Waals surface area contributed by atoms with Crippen LogP contribution >= 0.6 is 12.4 Å². The molecule has 3 rings (SSSR count). The molecule has 146 valence electrons. The van der Waals surface area contributed by atoms with Crippen LogP contribution in [0.25, 0.3) is 0 Å². The summed E-state index contributed by atoms with van der Waals surface area (Å²) in [7, 11) is 0. The number of aryl methyl sites for hydroxylation is 1. The quantitative estimate of drug-likeness (QED) is 0.774. The van der Waals surface area contributed by atoms with Crippen molar-refractivity contribution in [3.63, 3.8) is 0 Å². The summed E-state index contributed by atoms with van der Waals surface area (Å²) in [5.74, 6) is -0.365. The summed E-state index contributed by atoms with van der Waals surface area (Å²) < 4.78 is 40.2. The number of ether oxygens (including phenoxy) is 1. The van der Waals surface area contributed by atoms with Crippen molar-refractivity contribution >= 4 is 18.3 Å². The second-order valence-electron chi connectivity index (χ2n) is 6.18. The van der Waals surface area contributed by atoms with Crippen LogP contribution in [0.15, 0.2) is 42.5 Å². The first kappa shape index (κ1) is 21.1. The predicted molar refractivity (Wildman–Crippen MR) is 97.5 cm³/mol. The highest BCUT2D eigenvalue weighted by molar-refractivity contribution is 5.85. The van der Waals surface area contributed by atoms with E-state index in [9.17, 15) is 18.0 Å². The number of fused-ring (bicyclic) bond motifs is 1. The second-order valence-corrected chi connectivity index (χ2v) is 6.18. The van der Waals surface area contributed by atoms with Crippen LogP contribution in [0.4, 0.5) is 13.2 Å². The predicted octanol–water partition coefficient (Wildman–Crippen LogP) is 3.86. The molecule has 1 aliphatic rings. The molecule has 0 saturated heterocycles. The van der Waals surface area contributed by atoms with Crippen molar-refractivity contribution in [2.45, 2.75) is 38.8 Å². The summed E-state index contributed by atoms with van der Waals surface area (Å²) in [5, 5.41) is 6.15. The average Bonchev–Trinajstić information content (AvgIpc) is 3.05. The van der Waals surface area contributed by atoms with Crippen LogP contribution in [0, 0.1) is 0 Å². The molecule has 0 radical (unpaired) electrons. The number of carbonyl (C=O) groups is 1. The molecule has 2 aromatic rings. The third kappa shape index (κ3) is 6.45. The van der Waals surface area contributed by atoms with Crippen LogP contribution in [-0.4, -0.2) is 12.3 Å². The fourth-order valence-electron chi connectivity index (χ4n) is 2.86. The summed E-state index contributed by atoms with van der Waals surface area (Å²) in [5.41, 5.74) is 4.38. The maximum atomic E-state index is 12.1. The summed E-state index contributed by atoms with van der Waals surface area (Å²) in [6.07, 6.45) is -3.98. The van der Waals surface area contributed by atoms with E-state index in [0.717, 1.165) is 24.2 Å². The van der Waals surface area contributed by atoms with Gasteiger partial charge in [0, 0.05) is 26.1 Å². The average molecular weight is 401 g/mol. The van der Waals surface area contributed by atoms with E-state index in [1.54, 1.807) is 0 Å². The van der Waals surface area contributed by atoms with Gasteiger partial charge in [0.1, 0.15) is 5.75 Å². The molecule has 1 heterocycles. The number of amides is 1. The SMILES string of the molecule is Cl.O=C(CCc1ccc(OC(F)(F)F)cc1)NCc1ccc2c(c1)CNC2. The number of hydrogen-bond donors (Lipinski definition) is 2. The molecule has 0 aromatic heterocycles. The van der Waals surface area contributed by atoms with Crippen LogP contribution in [0.5, 0.6) is 5.75 Å². The van der Waals surface area contributed by atoms with Gasteiger partial charge in [-0.1, -0.05) is 30.3 Å². The number of hydrogen-bond acceptors (Lipinski definition) is 3. The molecule has 27 heavy (non-hydrogen) atoms. The van der Waals surface area contributed by atoms with Crippen LogP contribution < -0.4 is 15.4 Å². The van der Waals surface area contributed by atoms with E-state index in [1.165, 1.54) is 35.4 Å². The molecular formula is C19H20ClF3N2O2. The van der Waals surface area contributed by atoms with Gasteiger partial charge in [0.15, 0.2) is 0 Å². The largest absolute Gasteiger partial charge is 0.573 e. The van der Waals surface area contributed by atoms with E-state index in [2.05, 4.69) is 27.5 Å². The van der Waals surface area contributed by atoms with Crippen molar-refractivity contribution in [1.29, 1.82) is 0 Å². The summed E-state index contributed by atoms with van der Waals surface area (Å²) in [6, 6.07) is 11.7. The van der Waals surface area contributed by atoms with Crippen LogP contribution in [0.2, 0.25) is 0 Å². The Bertz CT molecular complexity index is 780. The minimum absolute atomic E-state index is 0. The van der Waals surface area contributed by atoms with Gasteiger partial charge in [-0.3, -0.25) is 4.79 Å². The fourth-order valence-corrected chi connectivity index (χ4v) is 2.86. The molecule has 0 spiro atoms. The maximum Gasteiger partial charge on any atom is 0.573 e. The summed E-state index contributed by atoms with van der Waals surface area (Å²) in [4.78, 5) is 12.0. The van der Waals surface area contributed by atoms with Gasteiger partial charge >= 0.3 is 6.36 Å². The highest BCUT2D eigenvalue weighted by Crippen LogP contribution is 2.23. The first-order valence-corrected chi connectivity index (χ1v) is 8.32. The lowest BCUT2D eigenvalue weighted by Crippen LogP contribution is -2.23. The summed E-state index contributed by atoms with van der Waals surface area (Å²) in [6.45, 7) is 2.20. The fraction of sp³-hybridized carbons (Fsp3) is 0.316. The zero-order chi connectivity index (χ0) is 18.6. The number of rotatable bonds is 6. The van der Waals surface area contributed by atoms with Crippen LogP contribution in [0.1, 0.15) is 28.7 Å². The van der Waals surface area contributed by atoms with Crippen molar-refractivity contribution in [3.05, 3.63) is 64.7 Å². The van der Waals surface area contributed by atoms with Gasteiger partial charge in [0.25, 0.3) is 0 Å². The number of benzene rings is 2. The lowest BCUT2D eigenvalue weighted by molar-refractivity contribution is -0.274. The van der Waals surface area contributed by atoms with Crippen molar-refractivity contribution in [3.8, 4) is 5.75 Å². The van der Waals surface area contributed by atoms with E-state index in [0.29, 0.717) is 13.0 Å². The van der Waals surface area contributed by atoms with E-state index >= 15 is 0 Å². The van der Waals surface area contributed by atoms with E-state index < -0.39 is 6.36 Å². The molecular weight excluding hydrogens is 381 g/mol. The molecule has 8 heteroatoms. The smallest absolute Gasteiger partial charge is 0.406 e. The lowest BCUT2D eigenvalue weighted by atomic mass is 10.1. The Labute approximate surface area is 161 Å². The minimum atomic E-state index is -4.70. The monoisotopic (exact) mass is 400 g/mol. The molecule has 1 aliphatic heterocycles. The van der Waals surface area contributed by atoms with Gasteiger partial charge in [0.05, 0.1) is 0 Å². The van der Waals surface area contributed by atoms with Crippen LogP contribution in [0.3, 0.4) is 0 Å². The molecule has 0 fully saturated rings. The van der Waals surface area contributed by atoms with E-state index in [1.807, 2.05) is 6.07 Å². The van der Waals surface area contributed by atoms with E-state index in [-0.39, 0.29) is 30.5 Å². The molecule has 2 aromatic carbocycles. The van der Waals surface area contributed by atoms with Gasteiger partial charge < -0.3 is 15.4 Å². The Kier molecular flexibility index (Phi) is 7.10. The van der Waals surface area contributed by atoms with Gasteiger partial charge in [-0.25, -0.2) is 0 Å². The molecule has 2 N–H and O–H groups in total. The Morgan fingerprint density at radius 3 is 2.41 bits per heavy atom. The normalized spacial score (nSPS) is 12.9. The summed E-state index contributed by atoms with van der Waals surface area (Å²) >= 11 is 0. The second kappa shape index (κ2) is 9.10. The first-order valence-electron chi connectivity index (χ1n) is 8.32. The molecule has 0 saturated carbocycles. The molecule has 0 unspecified atom stereocenters. The third-order valence-corrected chi connectivity index (χ3v) is 4.19. The molecule has 0 aliphatic carbocycles. The van der Waals surface area contributed by atoms with Crippen LogP contribution in [-0.2, 0) is 30.8 Å². The first-order chi connectivity index (χ1) is 12.4. The topological polar surface area (TPSA) is 50.4 Å². The Hall–Kier alpha value is -2.25. The Morgan fingerprint density at radius 1 is 1.04 bits per heavy atom. The van der Waals surface area contributed by atoms with Crippen molar-refractivity contribution in [2.75, 3.05) is 0 Å². The van der Waals surface area contributed by atoms with Crippen molar-refractivity contribution in [1.82, 2.24) is 10.6 Å². The number of halogens is 4. The maximum absolute atomic E-state index is 12.1. The lowest BCUT2D eigenvalue weighted by Gasteiger charge is -2.09. The molecule has 0 atom stereocenters. The standard InChI is InChI=1S/C19H19F3N2O2.ClH/c20-19(21,22)26-17-6-2-13(3-7-17)4-8-18(25)24-10-14-1-5-15-11-23-12-16(15)9-14;/h1-3,5-7,9,23H,4,8,10-12H2,(H,24,25);1H. The third-order valence-electron chi connectivity index (χ3n) is 4.19. The van der Waals surface area contributed by atoms with E-state index in [4.69, 9.17) is 0 Å². The van der Waals surface area contributed by atoms with Gasteiger partial charge in [-0.05, 0) is 40.8 Å². The highest BCUT2D eigenvalue weighted by Gasteiger charge is 2.30. The zero-order valence-electron chi connectivity index (χ0n) is 14.4. The van der Waals surface area contributed by atoms with Gasteiger partial charge in [-0.2, -0.15) is 0 Å². The Balaban J connectivity index is 0.00000261. The van der Waals surface area contributed by atoms with Crippen molar-refractivity contribution in [2.24, 2.45) is 0 Å². The molecule has 0 bridgehead atoms. The Morgan fingerprint density at radius 2 is 1.70 bits per heavy atom. The number of carbonyl (C=O) groups excluding carboxylic acids is 1.